The highest BCUT2D eigenvalue weighted by atomic mass is 16.4. The summed E-state index contributed by atoms with van der Waals surface area (Å²) in [6.45, 7) is 3.89. The van der Waals surface area contributed by atoms with Crippen LogP contribution in [-0.2, 0) is 16.1 Å². The van der Waals surface area contributed by atoms with Gasteiger partial charge in [-0.05, 0) is 17.5 Å². The van der Waals surface area contributed by atoms with Crippen molar-refractivity contribution >= 4 is 11.9 Å². The molecule has 92 valence electrons. The Balaban J connectivity index is 1.92. The number of carboxylic acids is 1. The number of amides is 1. The molecule has 1 fully saturated rings. The first kappa shape index (κ1) is 11.7. The van der Waals surface area contributed by atoms with Crippen LogP contribution >= 0.6 is 0 Å². The van der Waals surface area contributed by atoms with Crippen LogP contribution in [0.1, 0.15) is 19.6 Å². The molecular weight excluding hydrogens is 222 g/mol. The number of nitrogens with one attached hydrogen (secondary N) is 1. The standard InChI is InChI=1S/C12H15NO4/c1-12(2)8(9(12)11(15)16)10(14)13-6-7-4-3-5-17-7/h3-5,8-9H,6H2,1-2H3,(H,13,14)(H,15,16)/t8-,9+/m1/s1. The van der Waals surface area contributed by atoms with E-state index in [1.165, 1.54) is 6.26 Å². The fourth-order valence-electron chi connectivity index (χ4n) is 2.29. The second-order valence-electron chi connectivity index (χ2n) is 4.91. The number of aliphatic carboxylic acids is 1. The summed E-state index contributed by atoms with van der Waals surface area (Å²) in [5.74, 6) is -1.51. The van der Waals surface area contributed by atoms with Gasteiger partial charge in [-0.3, -0.25) is 9.59 Å². The summed E-state index contributed by atoms with van der Waals surface area (Å²) in [5, 5.41) is 11.7. The topological polar surface area (TPSA) is 79.5 Å². The summed E-state index contributed by atoms with van der Waals surface area (Å²) in [6, 6.07) is 3.50. The Morgan fingerprint density at radius 2 is 2.18 bits per heavy atom. The minimum absolute atomic E-state index is 0.223. The first-order valence-corrected chi connectivity index (χ1v) is 5.47. The molecule has 5 nitrogen and oxygen atoms in total. The first-order chi connectivity index (χ1) is 7.94. The summed E-state index contributed by atoms with van der Waals surface area (Å²) < 4.78 is 5.08. The van der Waals surface area contributed by atoms with E-state index in [-0.39, 0.29) is 5.91 Å². The van der Waals surface area contributed by atoms with Crippen molar-refractivity contribution in [3.05, 3.63) is 24.2 Å². The van der Waals surface area contributed by atoms with E-state index in [0.29, 0.717) is 12.3 Å². The van der Waals surface area contributed by atoms with E-state index in [0.717, 1.165) is 0 Å². The van der Waals surface area contributed by atoms with Crippen LogP contribution < -0.4 is 5.32 Å². The Bertz CT molecular complexity index is 435. The molecule has 1 aromatic heterocycles. The molecule has 2 atom stereocenters. The Hall–Kier alpha value is -1.78. The zero-order valence-corrected chi connectivity index (χ0v) is 9.77. The van der Waals surface area contributed by atoms with Crippen molar-refractivity contribution in [1.29, 1.82) is 0 Å². The molecule has 0 aromatic carbocycles. The number of furan rings is 1. The Labute approximate surface area is 98.8 Å². The SMILES string of the molecule is CC1(C)[C@H](C(=O)O)[C@@H]1C(=O)NCc1ccco1. The van der Waals surface area contributed by atoms with Crippen LogP contribution in [0.15, 0.2) is 22.8 Å². The van der Waals surface area contributed by atoms with Gasteiger partial charge in [0.1, 0.15) is 5.76 Å². The van der Waals surface area contributed by atoms with Gasteiger partial charge in [-0.15, -0.1) is 0 Å². The number of carbonyl (C=O) groups excluding carboxylic acids is 1. The molecule has 17 heavy (non-hydrogen) atoms. The van der Waals surface area contributed by atoms with Crippen LogP contribution in [0.2, 0.25) is 0 Å². The molecule has 0 aliphatic heterocycles. The molecule has 1 saturated carbocycles. The monoisotopic (exact) mass is 237 g/mol. The lowest BCUT2D eigenvalue weighted by molar-refractivity contribution is -0.140. The van der Waals surface area contributed by atoms with Gasteiger partial charge in [0.15, 0.2) is 0 Å². The maximum Gasteiger partial charge on any atom is 0.307 e. The van der Waals surface area contributed by atoms with Crippen molar-refractivity contribution in [3.63, 3.8) is 0 Å². The fourth-order valence-corrected chi connectivity index (χ4v) is 2.29. The molecule has 2 rings (SSSR count). The molecule has 0 radical (unpaired) electrons. The predicted octanol–water partition coefficient (Wildman–Crippen LogP) is 1.25. The van der Waals surface area contributed by atoms with Gasteiger partial charge in [-0.25, -0.2) is 0 Å². The lowest BCUT2D eigenvalue weighted by Gasteiger charge is -2.03. The average molecular weight is 237 g/mol. The minimum atomic E-state index is -0.909. The summed E-state index contributed by atoms with van der Waals surface area (Å²) >= 11 is 0. The van der Waals surface area contributed by atoms with Crippen molar-refractivity contribution in [2.45, 2.75) is 20.4 Å². The molecular formula is C12H15NO4. The molecule has 0 bridgehead atoms. The van der Waals surface area contributed by atoms with Crippen LogP contribution in [0.4, 0.5) is 0 Å². The van der Waals surface area contributed by atoms with E-state index < -0.39 is 23.2 Å². The number of hydrogen-bond donors (Lipinski definition) is 2. The summed E-state index contributed by atoms with van der Waals surface area (Å²) in [6.07, 6.45) is 1.53. The van der Waals surface area contributed by atoms with E-state index in [4.69, 9.17) is 9.52 Å². The van der Waals surface area contributed by atoms with E-state index >= 15 is 0 Å². The molecule has 2 N–H and O–H groups in total. The van der Waals surface area contributed by atoms with Gasteiger partial charge >= 0.3 is 5.97 Å². The average Bonchev–Trinajstić information content (AvgIpc) is 2.65. The summed E-state index contributed by atoms with van der Waals surface area (Å²) in [7, 11) is 0. The van der Waals surface area contributed by atoms with Crippen LogP contribution in [0, 0.1) is 17.3 Å². The quantitative estimate of drug-likeness (QED) is 0.826. The van der Waals surface area contributed by atoms with Crippen molar-refractivity contribution < 1.29 is 19.1 Å². The molecule has 0 saturated heterocycles. The third kappa shape index (κ3) is 2.05. The van der Waals surface area contributed by atoms with Crippen LogP contribution in [0.5, 0.6) is 0 Å². The van der Waals surface area contributed by atoms with Crippen LogP contribution in [0.25, 0.3) is 0 Å². The van der Waals surface area contributed by atoms with E-state index in [2.05, 4.69) is 5.32 Å². The van der Waals surface area contributed by atoms with Crippen molar-refractivity contribution in [2.75, 3.05) is 0 Å². The van der Waals surface area contributed by atoms with Gasteiger partial charge in [0.2, 0.25) is 5.91 Å². The Morgan fingerprint density at radius 1 is 1.47 bits per heavy atom. The normalized spacial score (nSPS) is 25.3. The Kier molecular flexibility index (Phi) is 2.69. The highest BCUT2D eigenvalue weighted by Gasteiger charge is 2.65. The van der Waals surface area contributed by atoms with Crippen molar-refractivity contribution in [3.8, 4) is 0 Å². The number of carbonyl (C=O) groups is 2. The predicted molar refractivity (Wildman–Crippen MR) is 59.0 cm³/mol. The smallest absolute Gasteiger partial charge is 0.307 e. The highest BCUT2D eigenvalue weighted by molar-refractivity contribution is 5.91. The lowest BCUT2D eigenvalue weighted by atomic mass is 10.1. The fraction of sp³-hybridized carbons (Fsp3) is 0.500. The van der Waals surface area contributed by atoms with E-state index in [1.54, 1.807) is 26.0 Å². The van der Waals surface area contributed by atoms with Crippen molar-refractivity contribution in [2.24, 2.45) is 17.3 Å². The lowest BCUT2D eigenvalue weighted by Crippen LogP contribution is -2.26. The zero-order chi connectivity index (χ0) is 12.6. The zero-order valence-electron chi connectivity index (χ0n) is 9.77. The van der Waals surface area contributed by atoms with E-state index in [9.17, 15) is 9.59 Å². The van der Waals surface area contributed by atoms with E-state index in [1.807, 2.05) is 0 Å². The molecule has 5 heteroatoms. The Morgan fingerprint density at radius 3 is 2.65 bits per heavy atom. The highest BCUT2D eigenvalue weighted by Crippen LogP contribution is 2.58. The van der Waals surface area contributed by atoms with Crippen LogP contribution in [0.3, 0.4) is 0 Å². The molecule has 1 heterocycles. The molecule has 1 aliphatic rings. The number of rotatable bonds is 4. The summed E-state index contributed by atoms with van der Waals surface area (Å²) in [5.41, 5.74) is -0.459. The molecule has 1 amide bonds. The van der Waals surface area contributed by atoms with Crippen LogP contribution in [-0.4, -0.2) is 17.0 Å². The number of carboxylic acid groups (broad SMARTS) is 1. The van der Waals surface area contributed by atoms with Gasteiger partial charge in [-0.2, -0.15) is 0 Å². The first-order valence-electron chi connectivity index (χ1n) is 5.47. The second-order valence-corrected chi connectivity index (χ2v) is 4.91. The van der Waals surface area contributed by atoms with Gasteiger partial charge in [0, 0.05) is 0 Å². The minimum Gasteiger partial charge on any atom is -0.481 e. The molecule has 1 aliphatic carbocycles. The third-order valence-electron chi connectivity index (χ3n) is 3.39. The molecule has 0 spiro atoms. The maximum absolute atomic E-state index is 11.8. The largest absolute Gasteiger partial charge is 0.481 e. The van der Waals surface area contributed by atoms with Crippen molar-refractivity contribution in [1.82, 2.24) is 5.32 Å². The third-order valence-corrected chi connectivity index (χ3v) is 3.39. The summed E-state index contributed by atoms with van der Waals surface area (Å²) in [4.78, 5) is 22.7. The number of hydrogen-bond acceptors (Lipinski definition) is 3. The van der Waals surface area contributed by atoms with Gasteiger partial charge in [0.05, 0.1) is 24.6 Å². The van der Waals surface area contributed by atoms with Gasteiger partial charge in [0.25, 0.3) is 0 Å². The second kappa shape index (κ2) is 3.91. The van der Waals surface area contributed by atoms with Gasteiger partial charge < -0.3 is 14.8 Å². The van der Waals surface area contributed by atoms with Gasteiger partial charge in [-0.1, -0.05) is 13.8 Å². The molecule has 1 aromatic rings. The molecule has 0 unspecified atom stereocenters. The maximum atomic E-state index is 11.8.